The lowest BCUT2D eigenvalue weighted by atomic mass is 9.79. The Hall–Kier alpha value is -1.78. The Morgan fingerprint density at radius 2 is 1.54 bits per heavy atom. The van der Waals surface area contributed by atoms with E-state index in [9.17, 15) is 0 Å². The molecule has 0 aliphatic carbocycles. The quantitative estimate of drug-likeness (QED) is 0.852. The summed E-state index contributed by atoms with van der Waals surface area (Å²) in [6.45, 7) is 9.21. The van der Waals surface area contributed by atoms with Gasteiger partial charge in [-0.3, -0.25) is 0 Å². The molecular formula is C20H26BNO2. The number of nitrogens with one attached hydrogen (secondary N) is 1. The molecule has 2 aromatic rings. The summed E-state index contributed by atoms with van der Waals surface area (Å²) in [6.07, 6.45) is 1.00. The van der Waals surface area contributed by atoms with Gasteiger partial charge in [0.05, 0.1) is 11.2 Å². The molecule has 1 fully saturated rings. The van der Waals surface area contributed by atoms with Crippen molar-refractivity contribution < 1.29 is 9.31 Å². The highest BCUT2D eigenvalue weighted by Crippen LogP contribution is 2.36. The predicted octanol–water partition coefficient (Wildman–Crippen LogP) is 3.64. The fourth-order valence-electron chi connectivity index (χ4n) is 2.77. The van der Waals surface area contributed by atoms with Crippen LogP contribution in [0.4, 0.5) is 5.69 Å². The van der Waals surface area contributed by atoms with Crippen LogP contribution >= 0.6 is 0 Å². The minimum atomic E-state index is -0.314. The minimum Gasteiger partial charge on any atom is -0.399 e. The number of hydrogen-bond acceptors (Lipinski definition) is 3. The van der Waals surface area contributed by atoms with Crippen molar-refractivity contribution >= 4 is 18.3 Å². The summed E-state index contributed by atoms with van der Waals surface area (Å²) < 4.78 is 12.3. The van der Waals surface area contributed by atoms with Gasteiger partial charge in [0.25, 0.3) is 0 Å². The van der Waals surface area contributed by atoms with Crippen LogP contribution in [0.2, 0.25) is 0 Å². The van der Waals surface area contributed by atoms with Crippen LogP contribution in [0.1, 0.15) is 33.3 Å². The summed E-state index contributed by atoms with van der Waals surface area (Å²) in [5.74, 6) is 0. The summed E-state index contributed by atoms with van der Waals surface area (Å²) in [4.78, 5) is 0. The first-order valence-electron chi connectivity index (χ1n) is 8.61. The van der Waals surface area contributed by atoms with Gasteiger partial charge in [0, 0.05) is 12.2 Å². The van der Waals surface area contributed by atoms with Crippen molar-refractivity contribution in [2.24, 2.45) is 0 Å². The zero-order valence-corrected chi connectivity index (χ0v) is 15.0. The van der Waals surface area contributed by atoms with Crippen LogP contribution in [-0.4, -0.2) is 24.9 Å². The summed E-state index contributed by atoms with van der Waals surface area (Å²) in [5, 5.41) is 3.49. The highest BCUT2D eigenvalue weighted by molar-refractivity contribution is 6.62. The van der Waals surface area contributed by atoms with E-state index in [1.54, 1.807) is 0 Å². The van der Waals surface area contributed by atoms with Gasteiger partial charge in [0.2, 0.25) is 0 Å². The molecule has 0 amide bonds. The van der Waals surface area contributed by atoms with Crippen molar-refractivity contribution in [3.8, 4) is 0 Å². The van der Waals surface area contributed by atoms with E-state index in [2.05, 4.69) is 75.5 Å². The third kappa shape index (κ3) is 3.65. The first kappa shape index (κ1) is 17.1. The number of rotatable bonds is 5. The molecule has 3 rings (SSSR count). The normalized spacial score (nSPS) is 18.6. The molecule has 126 valence electrons. The fraction of sp³-hybridized carbons (Fsp3) is 0.400. The number of anilines is 1. The average Bonchev–Trinajstić information content (AvgIpc) is 2.77. The maximum absolute atomic E-state index is 6.13. The molecule has 3 nitrogen and oxygen atoms in total. The molecule has 0 radical (unpaired) electrons. The van der Waals surface area contributed by atoms with Crippen LogP contribution in [0, 0.1) is 0 Å². The molecule has 0 unspecified atom stereocenters. The second-order valence-corrected chi connectivity index (χ2v) is 7.38. The van der Waals surface area contributed by atoms with Gasteiger partial charge in [-0.15, -0.1) is 0 Å². The largest absolute Gasteiger partial charge is 0.494 e. The summed E-state index contributed by atoms with van der Waals surface area (Å²) in [7, 11) is -0.314. The topological polar surface area (TPSA) is 30.5 Å². The molecule has 1 aliphatic heterocycles. The monoisotopic (exact) mass is 323 g/mol. The molecule has 1 saturated heterocycles. The molecule has 4 heteroatoms. The Balaban J connectivity index is 1.63. The Bertz CT molecular complexity index is 669. The Kier molecular flexibility index (Phi) is 4.70. The second-order valence-electron chi connectivity index (χ2n) is 7.38. The second kappa shape index (κ2) is 6.62. The van der Waals surface area contributed by atoms with Crippen LogP contribution in [0.15, 0.2) is 54.6 Å². The van der Waals surface area contributed by atoms with E-state index >= 15 is 0 Å². The highest BCUT2D eigenvalue weighted by Gasteiger charge is 2.51. The lowest BCUT2D eigenvalue weighted by Crippen LogP contribution is -2.41. The van der Waals surface area contributed by atoms with Gasteiger partial charge in [-0.25, -0.2) is 0 Å². The molecule has 0 aromatic heterocycles. The number of hydrogen-bond donors (Lipinski definition) is 1. The van der Waals surface area contributed by atoms with Crippen LogP contribution in [-0.2, 0) is 15.7 Å². The summed E-state index contributed by atoms with van der Waals surface area (Å²) in [6, 6.07) is 18.8. The van der Waals surface area contributed by atoms with E-state index in [0.29, 0.717) is 0 Å². The van der Waals surface area contributed by atoms with Crippen LogP contribution in [0.3, 0.4) is 0 Å². The lowest BCUT2D eigenvalue weighted by Gasteiger charge is -2.32. The fourth-order valence-corrected chi connectivity index (χ4v) is 2.77. The van der Waals surface area contributed by atoms with Gasteiger partial charge in [0.15, 0.2) is 0 Å². The first-order valence-corrected chi connectivity index (χ1v) is 8.61. The molecule has 1 aliphatic rings. The van der Waals surface area contributed by atoms with Crippen molar-refractivity contribution in [2.45, 2.75) is 45.3 Å². The van der Waals surface area contributed by atoms with Gasteiger partial charge >= 0.3 is 7.12 Å². The van der Waals surface area contributed by atoms with Crippen molar-refractivity contribution in [1.29, 1.82) is 0 Å². The summed E-state index contributed by atoms with van der Waals surface area (Å²) in [5.41, 5.74) is 2.87. The first-order chi connectivity index (χ1) is 11.4. The summed E-state index contributed by atoms with van der Waals surface area (Å²) >= 11 is 0. The highest BCUT2D eigenvalue weighted by atomic mass is 16.7. The SMILES string of the molecule is CC1(C)OB(c2cccc(NCCc3ccccc3)c2)OC1(C)C. The standard InChI is InChI=1S/C20H26BNO2/c1-19(2)20(3,4)24-21(23-19)17-11-8-12-18(15-17)22-14-13-16-9-6-5-7-10-16/h5-12,15,22H,13-14H2,1-4H3. The van der Waals surface area contributed by atoms with Gasteiger partial charge < -0.3 is 14.6 Å². The average molecular weight is 323 g/mol. The van der Waals surface area contributed by atoms with Crippen molar-refractivity contribution in [2.75, 3.05) is 11.9 Å². The van der Waals surface area contributed by atoms with E-state index in [1.807, 2.05) is 12.1 Å². The Morgan fingerprint density at radius 1 is 0.875 bits per heavy atom. The van der Waals surface area contributed by atoms with E-state index < -0.39 is 0 Å². The third-order valence-corrected chi connectivity index (χ3v) is 5.00. The maximum atomic E-state index is 6.13. The molecule has 1 N–H and O–H groups in total. The smallest absolute Gasteiger partial charge is 0.399 e. The zero-order chi connectivity index (χ0) is 17.2. The predicted molar refractivity (Wildman–Crippen MR) is 101 cm³/mol. The van der Waals surface area contributed by atoms with E-state index in [-0.39, 0.29) is 18.3 Å². The molecule has 0 saturated carbocycles. The van der Waals surface area contributed by atoms with Crippen LogP contribution in [0.5, 0.6) is 0 Å². The molecule has 0 atom stereocenters. The molecule has 0 bridgehead atoms. The molecular weight excluding hydrogens is 297 g/mol. The number of benzene rings is 2. The van der Waals surface area contributed by atoms with E-state index in [1.165, 1.54) is 5.56 Å². The van der Waals surface area contributed by atoms with Crippen molar-refractivity contribution in [1.82, 2.24) is 0 Å². The molecule has 0 spiro atoms. The Morgan fingerprint density at radius 3 is 2.21 bits per heavy atom. The molecule has 2 aromatic carbocycles. The van der Waals surface area contributed by atoms with Gasteiger partial charge in [-0.1, -0.05) is 42.5 Å². The van der Waals surface area contributed by atoms with Crippen LogP contribution in [0.25, 0.3) is 0 Å². The lowest BCUT2D eigenvalue weighted by molar-refractivity contribution is 0.00578. The zero-order valence-electron chi connectivity index (χ0n) is 15.0. The van der Waals surface area contributed by atoms with Crippen LogP contribution < -0.4 is 10.8 Å². The van der Waals surface area contributed by atoms with Crippen molar-refractivity contribution in [3.05, 3.63) is 60.2 Å². The van der Waals surface area contributed by atoms with E-state index in [4.69, 9.17) is 9.31 Å². The van der Waals surface area contributed by atoms with E-state index in [0.717, 1.165) is 24.1 Å². The van der Waals surface area contributed by atoms with Gasteiger partial charge in [-0.05, 0) is 57.3 Å². The maximum Gasteiger partial charge on any atom is 0.494 e. The van der Waals surface area contributed by atoms with Crippen molar-refractivity contribution in [3.63, 3.8) is 0 Å². The third-order valence-electron chi connectivity index (χ3n) is 5.00. The van der Waals surface area contributed by atoms with Gasteiger partial charge in [0.1, 0.15) is 0 Å². The van der Waals surface area contributed by atoms with Gasteiger partial charge in [-0.2, -0.15) is 0 Å². The Labute approximate surface area is 145 Å². The molecule has 24 heavy (non-hydrogen) atoms. The minimum absolute atomic E-state index is 0.311. The molecule has 1 heterocycles.